The Labute approximate surface area is 131 Å². The average molecular weight is 343 g/mol. The summed E-state index contributed by atoms with van der Waals surface area (Å²) in [6.45, 7) is 2.17. The minimum atomic E-state index is 1.17. The molecule has 0 radical (unpaired) electrons. The van der Waals surface area contributed by atoms with Gasteiger partial charge in [-0.2, -0.15) is 11.8 Å². The number of halogens is 1. The second-order valence-electron chi connectivity index (χ2n) is 5.21. The molecule has 0 N–H and O–H groups in total. The number of hydrogen-bond acceptors (Lipinski definition) is 1. The van der Waals surface area contributed by atoms with E-state index in [0.717, 1.165) is 0 Å². The van der Waals surface area contributed by atoms with Crippen molar-refractivity contribution in [2.45, 2.75) is 57.6 Å². The number of thioether (sulfide) groups is 1. The van der Waals surface area contributed by atoms with Crippen molar-refractivity contribution < 1.29 is 0 Å². The van der Waals surface area contributed by atoms with E-state index in [1.165, 1.54) is 72.9 Å². The van der Waals surface area contributed by atoms with E-state index in [4.69, 9.17) is 0 Å². The zero-order chi connectivity index (χ0) is 13.8. The predicted molar refractivity (Wildman–Crippen MR) is 93.5 cm³/mol. The normalized spacial score (nSPS) is 10.8. The van der Waals surface area contributed by atoms with Crippen molar-refractivity contribution in [1.82, 2.24) is 0 Å². The number of hydrogen-bond donors (Lipinski definition) is 0. The van der Waals surface area contributed by atoms with Crippen LogP contribution in [0.5, 0.6) is 0 Å². The Hall–Kier alpha value is 0.0500. The zero-order valence-electron chi connectivity index (χ0n) is 12.2. The summed E-state index contributed by atoms with van der Waals surface area (Å²) in [6, 6.07) is 8.88. The molecule has 0 saturated carbocycles. The van der Waals surface area contributed by atoms with Crippen LogP contribution in [-0.2, 0) is 5.75 Å². The van der Waals surface area contributed by atoms with Crippen LogP contribution < -0.4 is 0 Å². The Morgan fingerprint density at radius 2 is 1.63 bits per heavy atom. The minimum absolute atomic E-state index is 1.17. The van der Waals surface area contributed by atoms with Crippen molar-refractivity contribution in [1.29, 1.82) is 0 Å². The summed E-state index contributed by atoms with van der Waals surface area (Å²) < 4.78 is 0. The Balaban J connectivity index is 1.89. The molecule has 0 spiro atoms. The zero-order valence-corrected chi connectivity index (χ0v) is 14.6. The highest BCUT2D eigenvalue weighted by Crippen LogP contribution is 2.16. The molecule has 0 nitrogen and oxygen atoms in total. The summed E-state index contributed by atoms with van der Waals surface area (Å²) in [5.74, 6) is 2.49. The summed E-state index contributed by atoms with van der Waals surface area (Å²) in [5, 5.41) is 1.17. The first kappa shape index (κ1) is 17.1. The molecule has 1 rings (SSSR count). The maximum atomic E-state index is 3.48. The third-order valence-corrected chi connectivity index (χ3v) is 4.95. The Kier molecular flexibility index (Phi) is 10.7. The van der Waals surface area contributed by atoms with E-state index in [0.29, 0.717) is 0 Å². The molecule has 2 heteroatoms. The van der Waals surface area contributed by atoms with Crippen molar-refractivity contribution in [2.24, 2.45) is 0 Å². The molecule has 0 atom stereocenters. The molecular formula is C17H27BrS. The Morgan fingerprint density at radius 1 is 0.947 bits per heavy atom. The van der Waals surface area contributed by atoms with Crippen LogP contribution in [0, 0.1) is 6.92 Å². The summed E-state index contributed by atoms with van der Waals surface area (Å²) in [5.41, 5.74) is 2.85. The predicted octanol–water partition coefficient (Wildman–Crippen LogP) is 6.35. The molecule has 1 aromatic carbocycles. The summed E-state index contributed by atoms with van der Waals surface area (Å²) in [4.78, 5) is 0. The van der Waals surface area contributed by atoms with E-state index < -0.39 is 0 Å². The van der Waals surface area contributed by atoms with E-state index in [2.05, 4.69) is 58.9 Å². The molecule has 0 saturated heterocycles. The van der Waals surface area contributed by atoms with Crippen molar-refractivity contribution in [3.05, 3.63) is 35.4 Å². The van der Waals surface area contributed by atoms with Gasteiger partial charge in [-0.05, 0) is 31.1 Å². The smallest absolute Gasteiger partial charge is 0.0184 e. The molecule has 1 aromatic rings. The molecular weight excluding hydrogens is 316 g/mol. The summed E-state index contributed by atoms with van der Waals surface area (Å²) in [7, 11) is 0. The van der Waals surface area contributed by atoms with Crippen LogP contribution in [0.25, 0.3) is 0 Å². The van der Waals surface area contributed by atoms with Gasteiger partial charge < -0.3 is 0 Å². The highest BCUT2D eigenvalue weighted by molar-refractivity contribution is 9.09. The Morgan fingerprint density at radius 3 is 2.32 bits per heavy atom. The number of rotatable bonds is 11. The molecule has 0 aromatic heterocycles. The fraction of sp³-hybridized carbons (Fsp3) is 0.647. The molecule has 0 heterocycles. The summed E-state index contributed by atoms with van der Waals surface area (Å²) >= 11 is 5.56. The van der Waals surface area contributed by atoms with Gasteiger partial charge in [0, 0.05) is 11.1 Å². The number of unbranched alkanes of at least 4 members (excludes halogenated alkanes) is 6. The monoisotopic (exact) mass is 342 g/mol. The molecule has 0 amide bonds. The Bertz CT molecular complexity index is 325. The van der Waals surface area contributed by atoms with E-state index >= 15 is 0 Å². The fourth-order valence-corrected chi connectivity index (χ4v) is 3.54. The van der Waals surface area contributed by atoms with Gasteiger partial charge in [0.2, 0.25) is 0 Å². The second kappa shape index (κ2) is 11.8. The largest absolute Gasteiger partial charge is 0.157 e. The van der Waals surface area contributed by atoms with Crippen molar-refractivity contribution in [3.8, 4) is 0 Å². The van der Waals surface area contributed by atoms with E-state index in [9.17, 15) is 0 Å². The van der Waals surface area contributed by atoms with Crippen LogP contribution in [-0.4, -0.2) is 11.1 Å². The lowest BCUT2D eigenvalue weighted by Crippen LogP contribution is -1.86. The van der Waals surface area contributed by atoms with Gasteiger partial charge in [0.25, 0.3) is 0 Å². The highest BCUT2D eigenvalue weighted by atomic mass is 79.9. The van der Waals surface area contributed by atoms with E-state index in [1.54, 1.807) is 0 Å². The van der Waals surface area contributed by atoms with E-state index in [-0.39, 0.29) is 0 Å². The molecule has 0 bridgehead atoms. The molecule has 0 aliphatic rings. The molecule has 0 aliphatic carbocycles. The molecule has 108 valence electrons. The van der Waals surface area contributed by atoms with Crippen LogP contribution in [0.3, 0.4) is 0 Å². The molecule has 0 unspecified atom stereocenters. The van der Waals surface area contributed by atoms with Crippen LogP contribution in [0.4, 0.5) is 0 Å². The van der Waals surface area contributed by atoms with Gasteiger partial charge in [0.1, 0.15) is 0 Å². The van der Waals surface area contributed by atoms with Gasteiger partial charge in [-0.1, -0.05) is 77.9 Å². The first-order valence-electron chi connectivity index (χ1n) is 7.52. The van der Waals surface area contributed by atoms with Gasteiger partial charge in [-0.15, -0.1) is 0 Å². The molecule has 0 aliphatic heterocycles. The van der Waals surface area contributed by atoms with Gasteiger partial charge in [-0.25, -0.2) is 0 Å². The van der Waals surface area contributed by atoms with Crippen LogP contribution >= 0.6 is 27.7 Å². The quantitative estimate of drug-likeness (QED) is 0.333. The van der Waals surface area contributed by atoms with Crippen LogP contribution in [0.1, 0.15) is 56.1 Å². The van der Waals surface area contributed by atoms with Crippen molar-refractivity contribution >= 4 is 27.7 Å². The summed E-state index contributed by atoms with van der Waals surface area (Å²) in [6.07, 6.45) is 9.80. The lowest BCUT2D eigenvalue weighted by atomic mass is 10.1. The molecule has 19 heavy (non-hydrogen) atoms. The second-order valence-corrected chi connectivity index (χ2v) is 7.10. The van der Waals surface area contributed by atoms with Crippen LogP contribution in [0.15, 0.2) is 24.3 Å². The standard InChI is InChI=1S/C17H27BrS/c1-16-10-9-11-17(14-16)15-19-13-8-6-4-2-3-5-7-12-18/h9-11,14H,2-8,12-13,15H2,1H3. The lowest BCUT2D eigenvalue weighted by Gasteiger charge is -2.04. The first-order valence-corrected chi connectivity index (χ1v) is 9.80. The highest BCUT2D eigenvalue weighted by Gasteiger charge is 1.95. The van der Waals surface area contributed by atoms with Gasteiger partial charge in [-0.3, -0.25) is 0 Å². The number of aryl methyl sites for hydroxylation is 1. The third-order valence-electron chi connectivity index (χ3n) is 3.27. The maximum Gasteiger partial charge on any atom is 0.0184 e. The average Bonchev–Trinajstić information content (AvgIpc) is 2.41. The van der Waals surface area contributed by atoms with Crippen molar-refractivity contribution in [3.63, 3.8) is 0 Å². The number of alkyl halides is 1. The van der Waals surface area contributed by atoms with Gasteiger partial charge in [0.15, 0.2) is 0 Å². The topological polar surface area (TPSA) is 0 Å². The van der Waals surface area contributed by atoms with Gasteiger partial charge >= 0.3 is 0 Å². The molecule has 0 fully saturated rings. The lowest BCUT2D eigenvalue weighted by molar-refractivity contribution is 0.606. The SMILES string of the molecule is Cc1cccc(CSCCCCCCCCCBr)c1. The van der Waals surface area contributed by atoms with E-state index in [1.807, 2.05) is 0 Å². The third kappa shape index (κ3) is 9.56. The fourth-order valence-electron chi connectivity index (χ4n) is 2.17. The van der Waals surface area contributed by atoms with Crippen LogP contribution in [0.2, 0.25) is 0 Å². The maximum absolute atomic E-state index is 3.48. The first-order chi connectivity index (χ1) is 9.33. The minimum Gasteiger partial charge on any atom is -0.157 e. The van der Waals surface area contributed by atoms with Gasteiger partial charge in [0.05, 0.1) is 0 Å². The van der Waals surface area contributed by atoms with Crippen molar-refractivity contribution in [2.75, 3.05) is 11.1 Å². The number of benzene rings is 1.